The molecule has 1 N–H and O–H groups in total. The van der Waals surface area contributed by atoms with E-state index in [0.717, 1.165) is 29.9 Å². The van der Waals surface area contributed by atoms with Gasteiger partial charge in [-0.2, -0.15) is 0 Å². The monoisotopic (exact) mass is 311 g/mol. The van der Waals surface area contributed by atoms with Gasteiger partial charge >= 0.3 is 0 Å². The van der Waals surface area contributed by atoms with Gasteiger partial charge in [0.05, 0.1) is 0 Å². The Hall–Kier alpha value is -1.31. The highest BCUT2D eigenvalue weighted by atomic mass is 16.1. The predicted molar refractivity (Wildman–Crippen MR) is 94.7 cm³/mol. The Kier molecular flexibility index (Phi) is 3.55. The maximum Gasteiger partial charge on any atom is 0.221 e. The van der Waals surface area contributed by atoms with Gasteiger partial charge in [0.15, 0.2) is 0 Å². The zero-order valence-electron chi connectivity index (χ0n) is 14.7. The molecule has 4 aliphatic carbocycles. The molecule has 124 valence electrons. The summed E-state index contributed by atoms with van der Waals surface area (Å²) >= 11 is 0. The Balaban J connectivity index is 1.75. The van der Waals surface area contributed by atoms with E-state index in [1.165, 1.54) is 49.7 Å². The molecule has 1 amide bonds. The van der Waals surface area contributed by atoms with Crippen molar-refractivity contribution in [2.75, 3.05) is 5.32 Å². The molecule has 23 heavy (non-hydrogen) atoms. The normalized spacial score (nSPS) is 34.7. The maximum absolute atomic E-state index is 11.5. The number of amides is 1. The van der Waals surface area contributed by atoms with Gasteiger partial charge in [0, 0.05) is 12.6 Å². The van der Waals surface area contributed by atoms with Crippen LogP contribution >= 0.6 is 0 Å². The van der Waals surface area contributed by atoms with Crippen molar-refractivity contribution >= 4 is 11.6 Å². The number of anilines is 1. The Bertz CT molecular complexity index is 610. The van der Waals surface area contributed by atoms with E-state index in [1.54, 1.807) is 12.5 Å². The number of rotatable bonds is 3. The minimum Gasteiger partial charge on any atom is -0.326 e. The Morgan fingerprint density at radius 1 is 1.13 bits per heavy atom. The summed E-state index contributed by atoms with van der Waals surface area (Å²) in [6.07, 6.45) is 9.66. The van der Waals surface area contributed by atoms with Crippen molar-refractivity contribution in [3.63, 3.8) is 0 Å². The van der Waals surface area contributed by atoms with E-state index in [1.807, 2.05) is 0 Å². The van der Waals surface area contributed by atoms with Crippen LogP contribution in [0.25, 0.3) is 0 Å². The Labute approximate surface area is 140 Å². The molecule has 4 fully saturated rings. The highest BCUT2D eigenvalue weighted by Crippen LogP contribution is 2.61. The highest BCUT2D eigenvalue weighted by Gasteiger charge is 2.51. The molecule has 4 bridgehead atoms. The van der Waals surface area contributed by atoms with Crippen LogP contribution in [0.2, 0.25) is 0 Å². The third-order valence-electron chi connectivity index (χ3n) is 6.75. The number of hydrogen-bond donors (Lipinski definition) is 1. The van der Waals surface area contributed by atoms with Crippen molar-refractivity contribution in [2.24, 2.45) is 17.8 Å². The van der Waals surface area contributed by atoms with Gasteiger partial charge in [-0.1, -0.05) is 19.1 Å². The van der Waals surface area contributed by atoms with Crippen molar-refractivity contribution in [1.29, 1.82) is 0 Å². The fraction of sp³-hybridized carbons (Fsp3) is 0.667. The van der Waals surface area contributed by atoms with E-state index < -0.39 is 0 Å². The van der Waals surface area contributed by atoms with Crippen LogP contribution in [0, 0.1) is 24.7 Å². The number of carbonyl (C=O) groups excluding carboxylic acids is 1. The molecule has 1 aromatic rings. The zero-order chi connectivity index (χ0) is 16.2. The van der Waals surface area contributed by atoms with Crippen LogP contribution in [0.4, 0.5) is 5.69 Å². The molecule has 0 unspecified atom stereocenters. The van der Waals surface area contributed by atoms with Crippen LogP contribution in [0.15, 0.2) is 12.1 Å². The van der Waals surface area contributed by atoms with Crippen molar-refractivity contribution in [3.8, 4) is 0 Å². The van der Waals surface area contributed by atoms with Crippen LogP contribution < -0.4 is 5.32 Å². The third kappa shape index (κ3) is 2.51. The first-order valence-electron chi connectivity index (χ1n) is 9.40. The summed E-state index contributed by atoms with van der Waals surface area (Å²) in [5.74, 6) is 2.95. The van der Waals surface area contributed by atoms with Gasteiger partial charge in [-0.25, -0.2) is 0 Å². The molecule has 0 spiro atoms. The van der Waals surface area contributed by atoms with Crippen molar-refractivity contribution in [3.05, 3.63) is 28.8 Å². The van der Waals surface area contributed by atoms with Crippen molar-refractivity contribution < 1.29 is 4.79 Å². The SMILES string of the molecule is CCc1cc(C23CC4CC(CC(C4)C2)C3)cc(C)c1NC(C)=O. The lowest BCUT2D eigenvalue weighted by Gasteiger charge is -2.57. The van der Waals surface area contributed by atoms with E-state index in [4.69, 9.17) is 0 Å². The largest absolute Gasteiger partial charge is 0.326 e. The van der Waals surface area contributed by atoms with E-state index in [9.17, 15) is 4.79 Å². The molecule has 0 aliphatic heterocycles. The molecule has 1 aromatic carbocycles. The molecule has 0 aromatic heterocycles. The summed E-state index contributed by atoms with van der Waals surface area (Å²) in [6, 6.07) is 4.81. The first-order chi connectivity index (χ1) is 11.0. The van der Waals surface area contributed by atoms with Crippen LogP contribution in [0.1, 0.15) is 69.1 Å². The van der Waals surface area contributed by atoms with E-state index in [2.05, 4.69) is 31.3 Å². The van der Waals surface area contributed by atoms with Gasteiger partial charge in [0.25, 0.3) is 0 Å². The lowest BCUT2D eigenvalue weighted by atomic mass is 9.48. The first kappa shape index (κ1) is 15.2. The average molecular weight is 311 g/mol. The van der Waals surface area contributed by atoms with E-state index in [0.29, 0.717) is 5.41 Å². The molecule has 4 saturated carbocycles. The summed E-state index contributed by atoms with van der Waals surface area (Å²) in [4.78, 5) is 11.5. The number of carbonyl (C=O) groups is 1. The van der Waals surface area contributed by atoms with Crippen LogP contribution in [-0.2, 0) is 16.6 Å². The molecule has 0 heterocycles. The zero-order valence-corrected chi connectivity index (χ0v) is 14.7. The molecule has 0 saturated heterocycles. The molecule has 0 radical (unpaired) electrons. The van der Waals surface area contributed by atoms with Gasteiger partial charge in [0.1, 0.15) is 0 Å². The van der Waals surface area contributed by atoms with Crippen molar-refractivity contribution in [2.45, 2.75) is 71.1 Å². The quantitative estimate of drug-likeness (QED) is 0.837. The van der Waals surface area contributed by atoms with Gasteiger partial charge in [-0.05, 0) is 91.7 Å². The molecule has 2 heteroatoms. The van der Waals surface area contributed by atoms with Gasteiger partial charge in [-0.15, -0.1) is 0 Å². The Morgan fingerprint density at radius 3 is 2.17 bits per heavy atom. The summed E-state index contributed by atoms with van der Waals surface area (Å²) < 4.78 is 0. The smallest absolute Gasteiger partial charge is 0.221 e. The number of hydrogen-bond acceptors (Lipinski definition) is 1. The molecule has 2 nitrogen and oxygen atoms in total. The second-order valence-corrected chi connectivity index (χ2v) is 8.56. The van der Waals surface area contributed by atoms with E-state index >= 15 is 0 Å². The molecule has 0 atom stereocenters. The fourth-order valence-corrected chi connectivity index (χ4v) is 6.26. The highest BCUT2D eigenvalue weighted by molar-refractivity contribution is 5.90. The summed E-state index contributed by atoms with van der Waals surface area (Å²) in [6.45, 7) is 5.96. The van der Waals surface area contributed by atoms with Gasteiger partial charge < -0.3 is 5.32 Å². The second kappa shape index (κ2) is 5.36. The summed E-state index contributed by atoms with van der Waals surface area (Å²) in [5, 5.41) is 3.05. The lowest BCUT2D eigenvalue weighted by molar-refractivity contribution is -0.114. The minimum absolute atomic E-state index is 0.0327. The van der Waals surface area contributed by atoms with Crippen molar-refractivity contribution in [1.82, 2.24) is 0 Å². The average Bonchev–Trinajstić information content (AvgIpc) is 2.47. The fourth-order valence-electron chi connectivity index (χ4n) is 6.26. The van der Waals surface area contributed by atoms with Crippen LogP contribution in [0.3, 0.4) is 0 Å². The lowest BCUT2D eigenvalue weighted by Crippen LogP contribution is -2.48. The topological polar surface area (TPSA) is 29.1 Å². The van der Waals surface area contributed by atoms with Crippen LogP contribution in [0.5, 0.6) is 0 Å². The standard InChI is InChI=1S/C21H29NO/c1-4-18-9-19(5-13(2)20(18)22-14(3)23)21-10-15-6-16(11-21)8-17(7-15)12-21/h5,9,15-17H,4,6-8,10-12H2,1-3H3,(H,22,23). The first-order valence-corrected chi connectivity index (χ1v) is 9.40. The Morgan fingerprint density at radius 2 is 1.70 bits per heavy atom. The summed E-state index contributed by atoms with van der Waals surface area (Å²) in [7, 11) is 0. The number of benzene rings is 1. The van der Waals surface area contributed by atoms with Gasteiger partial charge in [0.2, 0.25) is 5.91 Å². The molecule has 5 rings (SSSR count). The summed E-state index contributed by atoms with van der Waals surface area (Å²) in [5.41, 5.74) is 5.61. The maximum atomic E-state index is 11.5. The minimum atomic E-state index is 0.0327. The predicted octanol–water partition coefficient (Wildman–Crippen LogP) is 4.98. The number of aryl methyl sites for hydroxylation is 2. The third-order valence-corrected chi connectivity index (χ3v) is 6.75. The molecule has 4 aliphatic rings. The molecular formula is C21H29NO. The van der Waals surface area contributed by atoms with Crippen LogP contribution in [-0.4, -0.2) is 5.91 Å². The molecular weight excluding hydrogens is 282 g/mol. The van der Waals surface area contributed by atoms with E-state index in [-0.39, 0.29) is 5.91 Å². The number of nitrogens with one attached hydrogen (secondary N) is 1. The van der Waals surface area contributed by atoms with Gasteiger partial charge in [-0.3, -0.25) is 4.79 Å². The second-order valence-electron chi connectivity index (χ2n) is 8.56.